The fraction of sp³-hybridized carbons (Fsp3) is 0.368. The number of rotatable bonds is 5. The Morgan fingerprint density at radius 3 is 2.81 bits per heavy atom. The van der Waals surface area contributed by atoms with Crippen molar-refractivity contribution in [3.8, 4) is 5.69 Å². The predicted molar refractivity (Wildman–Crippen MR) is 100 cm³/mol. The quantitative estimate of drug-likeness (QED) is 0.694. The Kier molecular flexibility index (Phi) is 5.06. The van der Waals surface area contributed by atoms with Gasteiger partial charge in [0.2, 0.25) is 0 Å². The van der Waals surface area contributed by atoms with Gasteiger partial charge in [0.1, 0.15) is 6.33 Å². The number of aromatic nitrogens is 4. The average molecular weight is 367 g/mol. The van der Waals surface area contributed by atoms with Gasteiger partial charge in [-0.25, -0.2) is 4.68 Å². The minimum absolute atomic E-state index is 0.129. The smallest absolute Gasteiger partial charge is 0.254 e. The highest BCUT2D eigenvalue weighted by Crippen LogP contribution is 2.24. The van der Waals surface area contributed by atoms with E-state index in [9.17, 15) is 4.79 Å². The van der Waals surface area contributed by atoms with Crippen molar-refractivity contribution in [2.45, 2.75) is 38.1 Å². The normalized spacial score (nSPS) is 17.4. The molecule has 0 radical (unpaired) electrons. The Hall–Kier alpha value is -2.54. The third-order valence-electron chi connectivity index (χ3n) is 4.92. The summed E-state index contributed by atoms with van der Waals surface area (Å²) in [7, 11) is 0. The van der Waals surface area contributed by atoms with E-state index in [1.54, 1.807) is 22.3 Å². The lowest BCUT2D eigenvalue weighted by atomic mass is 9.96. The fourth-order valence-corrected chi connectivity index (χ4v) is 4.26. The van der Waals surface area contributed by atoms with E-state index < -0.39 is 0 Å². The molecule has 6 nitrogen and oxygen atoms in total. The van der Waals surface area contributed by atoms with E-state index in [0.717, 1.165) is 43.5 Å². The molecule has 1 aliphatic rings. The third-order valence-corrected chi connectivity index (χ3v) is 5.86. The second kappa shape index (κ2) is 7.78. The molecule has 1 saturated heterocycles. The number of carbonyl (C=O) groups is 1. The van der Waals surface area contributed by atoms with E-state index in [4.69, 9.17) is 0 Å². The van der Waals surface area contributed by atoms with Crippen molar-refractivity contribution < 1.29 is 4.79 Å². The molecule has 1 amide bonds. The van der Waals surface area contributed by atoms with Gasteiger partial charge >= 0.3 is 0 Å². The Bertz CT molecular complexity index is 829. The van der Waals surface area contributed by atoms with Gasteiger partial charge in [0.15, 0.2) is 0 Å². The van der Waals surface area contributed by atoms with E-state index >= 15 is 0 Å². The van der Waals surface area contributed by atoms with Crippen LogP contribution in [0.1, 0.15) is 40.9 Å². The third kappa shape index (κ3) is 3.67. The van der Waals surface area contributed by atoms with E-state index in [1.807, 2.05) is 24.3 Å². The van der Waals surface area contributed by atoms with Gasteiger partial charge in [-0.2, -0.15) is 0 Å². The molecule has 0 unspecified atom stereocenters. The average Bonchev–Trinajstić information content (AvgIpc) is 3.40. The molecule has 3 aromatic rings. The maximum absolute atomic E-state index is 13.1. The molecular weight excluding hydrogens is 346 g/mol. The number of hydrogen-bond donors (Lipinski definition) is 0. The van der Waals surface area contributed by atoms with Crippen LogP contribution in [-0.2, 0) is 6.42 Å². The highest BCUT2D eigenvalue weighted by Gasteiger charge is 2.27. The summed E-state index contributed by atoms with van der Waals surface area (Å²) in [5, 5.41) is 13.3. The van der Waals surface area contributed by atoms with Crippen molar-refractivity contribution in [3.05, 3.63) is 58.5 Å². The fourth-order valence-electron chi connectivity index (χ4n) is 3.53. The molecule has 1 fully saturated rings. The highest BCUT2D eigenvalue weighted by atomic mass is 32.1. The van der Waals surface area contributed by atoms with Crippen LogP contribution < -0.4 is 0 Å². The first-order valence-corrected chi connectivity index (χ1v) is 9.86. The lowest BCUT2D eigenvalue weighted by molar-refractivity contribution is 0.0602. The van der Waals surface area contributed by atoms with Crippen molar-refractivity contribution in [1.29, 1.82) is 0 Å². The number of hydrogen-bond acceptors (Lipinski definition) is 5. The maximum Gasteiger partial charge on any atom is 0.254 e. The number of benzene rings is 1. The second-order valence-electron chi connectivity index (χ2n) is 6.57. The first-order valence-electron chi connectivity index (χ1n) is 8.98. The molecule has 1 aromatic carbocycles. The predicted octanol–water partition coefficient (Wildman–Crippen LogP) is 3.35. The zero-order chi connectivity index (χ0) is 17.8. The van der Waals surface area contributed by atoms with Gasteiger partial charge < -0.3 is 4.90 Å². The van der Waals surface area contributed by atoms with Gasteiger partial charge in [0.25, 0.3) is 5.91 Å². The number of amides is 1. The van der Waals surface area contributed by atoms with Crippen LogP contribution in [0.15, 0.2) is 48.1 Å². The first kappa shape index (κ1) is 16.9. The zero-order valence-corrected chi connectivity index (χ0v) is 15.3. The van der Waals surface area contributed by atoms with Crippen molar-refractivity contribution in [2.24, 2.45) is 0 Å². The van der Waals surface area contributed by atoms with Gasteiger partial charge in [-0.1, -0.05) is 6.07 Å². The van der Waals surface area contributed by atoms with Crippen molar-refractivity contribution in [1.82, 2.24) is 25.1 Å². The molecule has 1 aliphatic heterocycles. The number of nitrogens with zero attached hydrogens (tertiary/aromatic N) is 5. The molecular formula is C19H21N5OS. The second-order valence-corrected chi connectivity index (χ2v) is 7.60. The molecule has 2 aromatic heterocycles. The molecule has 4 rings (SSSR count). The summed E-state index contributed by atoms with van der Waals surface area (Å²) >= 11 is 1.80. The summed E-state index contributed by atoms with van der Waals surface area (Å²) in [6.07, 6.45) is 7.02. The van der Waals surface area contributed by atoms with E-state index in [0.29, 0.717) is 6.04 Å². The molecule has 0 N–H and O–H groups in total. The van der Waals surface area contributed by atoms with Crippen molar-refractivity contribution >= 4 is 17.2 Å². The molecule has 1 atom stereocenters. The number of likely N-dealkylation sites (tertiary alicyclic amines) is 1. The zero-order valence-electron chi connectivity index (χ0n) is 14.5. The first-order chi connectivity index (χ1) is 12.8. The van der Waals surface area contributed by atoms with Crippen LogP contribution in [0.3, 0.4) is 0 Å². The molecule has 0 saturated carbocycles. The molecule has 26 heavy (non-hydrogen) atoms. The van der Waals surface area contributed by atoms with Crippen LogP contribution in [0, 0.1) is 0 Å². The van der Waals surface area contributed by atoms with Crippen LogP contribution in [0.4, 0.5) is 0 Å². The van der Waals surface area contributed by atoms with E-state index in [-0.39, 0.29) is 5.91 Å². The minimum Gasteiger partial charge on any atom is -0.336 e. The number of aryl methyl sites for hydroxylation is 1. The maximum atomic E-state index is 13.1. The Labute approximate surface area is 156 Å². The number of piperidine rings is 1. The lowest BCUT2D eigenvalue weighted by Crippen LogP contribution is -2.44. The van der Waals surface area contributed by atoms with Crippen LogP contribution in [0.5, 0.6) is 0 Å². The monoisotopic (exact) mass is 367 g/mol. The Morgan fingerprint density at radius 1 is 1.19 bits per heavy atom. The van der Waals surface area contributed by atoms with E-state index in [2.05, 4.69) is 37.9 Å². The molecule has 0 spiro atoms. The van der Waals surface area contributed by atoms with Crippen molar-refractivity contribution in [2.75, 3.05) is 6.54 Å². The van der Waals surface area contributed by atoms with Crippen LogP contribution in [0.2, 0.25) is 0 Å². The molecule has 0 bridgehead atoms. The number of thiophene rings is 1. The lowest BCUT2D eigenvalue weighted by Gasteiger charge is -2.36. The van der Waals surface area contributed by atoms with E-state index in [1.165, 1.54) is 11.3 Å². The van der Waals surface area contributed by atoms with Gasteiger partial charge in [0, 0.05) is 23.0 Å². The highest BCUT2D eigenvalue weighted by molar-refractivity contribution is 7.09. The topological polar surface area (TPSA) is 63.9 Å². The van der Waals surface area contributed by atoms with Gasteiger partial charge in [0.05, 0.1) is 5.69 Å². The van der Waals surface area contributed by atoms with Gasteiger partial charge in [-0.3, -0.25) is 4.79 Å². The summed E-state index contributed by atoms with van der Waals surface area (Å²) in [6, 6.07) is 12.1. The van der Waals surface area contributed by atoms with Gasteiger partial charge in [-0.15, -0.1) is 16.4 Å². The largest absolute Gasteiger partial charge is 0.336 e. The summed E-state index contributed by atoms with van der Waals surface area (Å²) in [6.45, 7) is 0.850. The summed E-state index contributed by atoms with van der Waals surface area (Å²) in [5.74, 6) is 0.129. The van der Waals surface area contributed by atoms with Crippen molar-refractivity contribution in [3.63, 3.8) is 0 Å². The SMILES string of the molecule is O=C(c1ccc(-n2cnnn2)cc1)N1CCCC[C@H]1CCc1cccs1. The molecule has 134 valence electrons. The summed E-state index contributed by atoms with van der Waals surface area (Å²) < 4.78 is 1.58. The molecule has 0 aliphatic carbocycles. The van der Waals surface area contributed by atoms with Gasteiger partial charge in [-0.05, 0) is 78.2 Å². The number of carbonyl (C=O) groups excluding carboxylic acids is 1. The summed E-state index contributed by atoms with van der Waals surface area (Å²) in [5.41, 5.74) is 1.57. The Morgan fingerprint density at radius 2 is 2.08 bits per heavy atom. The summed E-state index contributed by atoms with van der Waals surface area (Å²) in [4.78, 5) is 16.5. The Balaban J connectivity index is 1.46. The van der Waals surface area contributed by atoms with Crippen LogP contribution >= 0.6 is 11.3 Å². The van der Waals surface area contributed by atoms with Crippen LogP contribution in [0.25, 0.3) is 5.69 Å². The molecule has 7 heteroatoms. The van der Waals surface area contributed by atoms with Crippen LogP contribution in [-0.4, -0.2) is 43.6 Å². The number of tetrazole rings is 1. The minimum atomic E-state index is 0.129. The standard InChI is InChI=1S/C19H21N5OS/c25-19(15-6-8-17(9-7-15)24-14-20-21-22-24)23-12-2-1-4-16(23)10-11-18-5-3-13-26-18/h3,5-9,13-14,16H,1-2,4,10-12H2/t16-/m0/s1. The molecule has 3 heterocycles.